The van der Waals surface area contributed by atoms with Crippen LogP contribution in [0.1, 0.15) is 16.1 Å². The summed E-state index contributed by atoms with van der Waals surface area (Å²) in [6, 6.07) is 6.97. The molecule has 7 heteroatoms. The van der Waals surface area contributed by atoms with Gasteiger partial charge in [-0.05, 0) is 13.0 Å². The van der Waals surface area contributed by atoms with E-state index in [9.17, 15) is 14.4 Å². The van der Waals surface area contributed by atoms with Crippen LogP contribution in [0, 0.1) is 6.92 Å². The van der Waals surface area contributed by atoms with Crippen molar-refractivity contribution in [2.75, 3.05) is 13.1 Å². The molecule has 21 heavy (non-hydrogen) atoms. The lowest BCUT2D eigenvalue weighted by Gasteiger charge is -2.17. The topological polar surface area (TPSA) is 108 Å². The van der Waals surface area contributed by atoms with Crippen LogP contribution in [0.4, 0.5) is 0 Å². The maximum absolute atomic E-state index is 12.3. The molecule has 0 fully saturated rings. The van der Waals surface area contributed by atoms with E-state index in [1.54, 1.807) is 31.2 Å². The molecule has 0 radical (unpaired) electrons. The van der Waals surface area contributed by atoms with Crippen molar-refractivity contribution in [1.82, 2.24) is 4.90 Å². The second-order valence-electron chi connectivity index (χ2n) is 4.50. The predicted octanol–water partition coefficient (Wildman–Crippen LogP) is 1.35. The molecular formula is C14H13NO6. The minimum atomic E-state index is -1.29. The summed E-state index contributed by atoms with van der Waals surface area (Å²) >= 11 is 0. The highest BCUT2D eigenvalue weighted by Crippen LogP contribution is 2.25. The number of carboxylic acids is 2. The first-order valence-corrected chi connectivity index (χ1v) is 6.11. The Balaban J connectivity index is 2.40. The summed E-state index contributed by atoms with van der Waals surface area (Å²) in [5.74, 6) is -3.39. The van der Waals surface area contributed by atoms with Gasteiger partial charge in [-0.15, -0.1) is 0 Å². The third-order valence-electron chi connectivity index (χ3n) is 2.98. The van der Waals surface area contributed by atoms with Crippen LogP contribution in [0.2, 0.25) is 0 Å². The van der Waals surface area contributed by atoms with Crippen LogP contribution in [-0.4, -0.2) is 46.0 Å². The van der Waals surface area contributed by atoms with Crippen molar-refractivity contribution in [3.63, 3.8) is 0 Å². The number of aryl methyl sites for hydroxylation is 1. The Labute approximate surface area is 119 Å². The van der Waals surface area contributed by atoms with Crippen molar-refractivity contribution in [3.8, 4) is 0 Å². The average Bonchev–Trinajstić information content (AvgIpc) is 2.74. The number of fused-ring (bicyclic) bond motifs is 1. The molecule has 1 aromatic heterocycles. The zero-order chi connectivity index (χ0) is 15.6. The zero-order valence-corrected chi connectivity index (χ0v) is 11.2. The number of rotatable bonds is 5. The Morgan fingerprint density at radius 3 is 2.19 bits per heavy atom. The number of hydrogen-bond donors (Lipinski definition) is 2. The second-order valence-corrected chi connectivity index (χ2v) is 4.50. The van der Waals surface area contributed by atoms with E-state index in [2.05, 4.69) is 0 Å². The van der Waals surface area contributed by atoms with Gasteiger partial charge in [-0.1, -0.05) is 18.2 Å². The van der Waals surface area contributed by atoms with Crippen LogP contribution in [-0.2, 0) is 9.59 Å². The molecule has 2 rings (SSSR count). The summed E-state index contributed by atoms with van der Waals surface area (Å²) in [4.78, 5) is 34.6. The number of nitrogens with zero attached hydrogens (tertiary/aromatic N) is 1. The molecule has 7 nitrogen and oxygen atoms in total. The summed E-state index contributed by atoms with van der Waals surface area (Å²) in [5, 5.41) is 18.3. The average molecular weight is 291 g/mol. The lowest BCUT2D eigenvalue weighted by atomic mass is 10.1. The Morgan fingerprint density at radius 2 is 1.67 bits per heavy atom. The summed E-state index contributed by atoms with van der Waals surface area (Å²) in [6.45, 7) is 0.252. The highest BCUT2D eigenvalue weighted by Gasteiger charge is 2.26. The minimum absolute atomic E-state index is 0.0429. The lowest BCUT2D eigenvalue weighted by molar-refractivity contribution is -0.140. The number of amides is 1. The van der Waals surface area contributed by atoms with E-state index in [1.165, 1.54) is 0 Å². The number of carbonyl (C=O) groups is 3. The van der Waals surface area contributed by atoms with E-state index in [0.29, 0.717) is 11.1 Å². The molecule has 0 unspecified atom stereocenters. The van der Waals surface area contributed by atoms with E-state index in [4.69, 9.17) is 14.6 Å². The first kappa shape index (κ1) is 14.6. The Kier molecular flexibility index (Phi) is 3.93. The number of carbonyl (C=O) groups excluding carboxylic acids is 1. The molecule has 1 aromatic carbocycles. The molecule has 0 aliphatic heterocycles. The molecule has 2 N–H and O–H groups in total. The van der Waals surface area contributed by atoms with Crippen molar-refractivity contribution in [2.24, 2.45) is 0 Å². The largest absolute Gasteiger partial charge is 0.480 e. The number of furan rings is 1. The fourth-order valence-electron chi connectivity index (χ4n) is 2.05. The van der Waals surface area contributed by atoms with E-state index in [0.717, 1.165) is 10.3 Å². The maximum Gasteiger partial charge on any atom is 0.323 e. The monoisotopic (exact) mass is 291 g/mol. The quantitative estimate of drug-likeness (QED) is 0.861. The molecule has 1 heterocycles. The van der Waals surface area contributed by atoms with Gasteiger partial charge in [-0.25, -0.2) is 0 Å². The van der Waals surface area contributed by atoms with Crippen LogP contribution in [0.25, 0.3) is 11.0 Å². The number of benzene rings is 1. The third-order valence-corrected chi connectivity index (χ3v) is 2.98. The Morgan fingerprint density at radius 1 is 1.10 bits per heavy atom. The van der Waals surface area contributed by atoms with Gasteiger partial charge < -0.3 is 19.5 Å². The van der Waals surface area contributed by atoms with Crippen LogP contribution in [0.15, 0.2) is 28.7 Å². The minimum Gasteiger partial charge on any atom is -0.480 e. The second kappa shape index (κ2) is 5.66. The maximum atomic E-state index is 12.3. The SMILES string of the molecule is Cc1c(C(=O)N(CC(=O)O)CC(=O)O)oc2ccccc12. The van der Waals surface area contributed by atoms with Gasteiger partial charge in [-0.2, -0.15) is 0 Å². The highest BCUT2D eigenvalue weighted by atomic mass is 16.4. The molecule has 0 aliphatic rings. The van der Waals surface area contributed by atoms with Gasteiger partial charge in [0, 0.05) is 10.9 Å². The fraction of sp³-hybridized carbons (Fsp3) is 0.214. The lowest BCUT2D eigenvalue weighted by Crippen LogP contribution is -2.39. The Bertz CT molecular complexity index is 701. The smallest absolute Gasteiger partial charge is 0.323 e. The number of aliphatic carboxylic acids is 2. The molecule has 0 saturated heterocycles. The van der Waals surface area contributed by atoms with Gasteiger partial charge in [0.25, 0.3) is 5.91 Å². The van der Waals surface area contributed by atoms with E-state index in [1.807, 2.05) is 0 Å². The van der Waals surface area contributed by atoms with Crippen molar-refractivity contribution in [2.45, 2.75) is 6.92 Å². The van der Waals surface area contributed by atoms with Crippen molar-refractivity contribution >= 4 is 28.8 Å². The van der Waals surface area contributed by atoms with Gasteiger partial charge in [0.05, 0.1) is 0 Å². The van der Waals surface area contributed by atoms with Crippen LogP contribution in [0.5, 0.6) is 0 Å². The standard InChI is InChI=1S/C14H13NO6/c1-8-9-4-2-3-5-10(9)21-13(8)14(20)15(6-11(16)17)7-12(18)19/h2-5H,6-7H2,1H3,(H,16,17)(H,18,19). The normalized spacial score (nSPS) is 10.5. The van der Waals surface area contributed by atoms with Gasteiger partial charge in [0.2, 0.25) is 0 Å². The van der Waals surface area contributed by atoms with E-state index >= 15 is 0 Å². The van der Waals surface area contributed by atoms with Crippen molar-refractivity contribution in [1.29, 1.82) is 0 Å². The molecule has 1 amide bonds. The Hall–Kier alpha value is -2.83. The first-order valence-electron chi connectivity index (χ1n) is 6.11. The molecule has 110 valence electrons. The fourth-order valence-corrected chi connectivity index (χ4v) is 2.05. The van der Waals surface area contributed by atoms with Crippen LogP contribution in [0.3, 0.4) is 0 Å². The molecule has 0 bridgehead atoms. The van der Waals surface area contributed by atoms with Gasteiger partial charge in [0.15, 0.2) is 5.76 Å². The third kappa shape index (κ3) is 3.02. The summed E-state index contributed by atoms with van der Waals surface area (Å²) in [6.07, 6.45) is 0. The molecule has 0 saturated carbocycles. The zero-order valence-electron chi connectivity index (χ0n) is 11.2. The highest BCUT2D eigenvalue weighted by molar-refractivity contribution is 6.00. The molecule has 2 aromatic rings. The van der Waals surface area contributed by atoms with Gasteiger partial charge in [-0.3, -0.25) is 14.4 Å². The van der Waals surface area contributed by atoms with Crippen molar-refractivity contribution in [3.05, 3.63) is 35.6 Å². The van der Waals surface area contributed by atoms with Crippen LogP contribution < -0.4 is 0 Å². The van der Waals surface area contributed by atoms with E-state index in [-0.39, 0.29) is 5.76 Å². The molecule has 0 aliphatic carbocycles. The summed E-state index contributed by atoms with van der Waals surface area (Å²) < 4.78 is 5.43. The van der Waals surface area contributed by atoms with Gasteiger partial charge >= 0.3 is 11.9 Å². The molecular weight excluding hydrogens is 278 g/mol. The van der Waals surface area contributed by atoms with Gasteiger partial charge in [0.1, 0.15) is 18.7 Å². The number of hydrogen-bond acceptors (Lipinski definition) is 4. The summed E-state index contributed by atoms with van der Waals surface area (Å²) in [5.41, 5.74) is 1.04. The molecule has 0 atom stereocenters. The number of carboxylic acid groups (broad SMARTS) is 2. The first-order chi connectivity index (χ1) is 9.90. The van der Waals surface area contributed by atoms with Crippen LogP contribution >= 0.6 is 0 Å². The summed E-state index contributed by atoms with van der Waals surface area (Å²) in [7, 11) is 0. The van der Waals surface area contributed by atoms with Crippen molar-refractivity contribution < 1.29 is 29.0 Å². The predicted molar refractivity (Wildman–Crippen MR) is 72.1 cm³/mol. The molecule has 0 spiro atoms. The van der Waals surface area contributed by atoms with E-state index < -0.39 is 30.9 Å². The number of para-hydroxylation sites is 1.